The van der Waals surface area contributed by atoms with Crippen molar-refractivity contribution in [2.75, 3.05) is 11.9 Å². The standard InChI is InChI=1S/C24H43NO2Si/c1-4-5-6-7-8-9-10-11-12-13-20-28(2,3)21-14-19-25-23-17-15-22(16-18-23)24(26)27/h15-18,25H,4-14,19-21H2,1-3H3,(H,26,27). The molecule has 0 fully saturated rings. The summed E-state index contributed by atoms with van der Waals surface area (Å²) in [5.41, 5.74) is 1.36. The maximum atomic E-state index is 10.9. The van der Waals surface area contributed by atoms with Crippen LogP contribution < -0.4 is 5.32 Å². The molecule has 0 aliphatic carbocycles. The number of rotatable bonds is 17. The van der Waals surface area contributed by atoms with E-state index in [1.165, 1.54) is 82.7 Å². The molecule has 0 unspecified atom stereocenters. The van der Waals surface area contributed by atoms with Crippen molar-refractivity contribution >= 4 is 19.7 Å². The highest BCUT2D eigenvalue weighted by Gasteiger charge is 2.19. The molecule has 0 heterocycles. The fraction of sp³-hybridized carbons (Fsp3) is 0.708. The Kier molecular flexibility index (Phi) is 13.0. The Bertz CT molecular complexity index is 528. The third-order valence-electron chi connectivity index (χ3n) is 5.70. The summed E-state index contributed by atoms with van der Waals surface area (Å²) in [5.74, 6) is -0.869. The van der Waals surface area contributed by atoms with Gasteiger partial charge in [-0.2, -0.15) is 0 Å². The monoisotopic (exact) mass is 405 g/mol. The van der Waals surface area contributed by atoms with Crippen molar-refractivity contribution in [1.82, 2.24) is 0 Å². The van der Waals surface area contributed by atoms with Crippen molar-refractivity contribution in [3.05, 3.63) is 29.8 Å². The Morgan fingerprint density at radius 2 is 1.32 bits per heavy atom. The summed E-state index contributed by atoms with van der Waals surface area (Å²) in [7, 11) is -1.07. The van der Waals surface area contributed by atoms with Crippen LogP contribution in [0.4, 0.5) is 5.69 Å². The molecule has 4 heteroatoms. The molecule has 2 N–H and O–H groups in total. The second kappa shape index (κ2) is 14.7. The van der Waals surface area contributed by atoms with E-state index in [-0.39, 0.29) is 0 Å². The highest BCUT2D eigenvalue weighted by atomic mass is 28.3. The Morgan fingerprint density at radius 1 is 0.821 bits per heavy atom. The van der Waals surface area contributed by atoms with Gasteiger partial charge in [0.05, 0.1) is 5.56 Å². The summed E-state index contributed by atoms with van der Waals surface area (Å²) in [6.07, 6.45) is 15.4. The van der Waals surface area contributed by atoms with E-state index in [4.69, 9.17) is 5.11 Å². The van der Waals surface area contributed by atoms with Crippen LogP contribution in [-0.2, 0) is 0 Å². The van der Waals surface area contributed by atoms with E-state index < -0.39 is 14.0 Å². The summed E-state index contributed by atoms with van der Waals surface area (Å²) >= 11 is 0. The number of benzene rings is 1. The number of carbonyl (C=O) groups is 1. The number of unbranched alkanes of at least 4 members (excludes halogenated alkanes) is 9. The maximum absolute atomic E-state index is 10.9. The molecule has 0 saturated carbocycles. The number of hydrogen-bond acceptors (Lipinski definition) is 2. The average molecular weight is 406 g/mol. The highest BCUT2D eigenvalue weighted by Crippen LogP contribution is 2.22. The van der Waals surface area contributed by atoms with Crippen LogP contribution in [0.2, 0.25) is 25.2 Å². The quantitative estimate of drug-likeness (QED) is 0.205. The first-order valence-electron chi connectivity index (χ1n) is 11.5. The van der Waals surface area contributed by atoms with E-state index >= 15 is 0 Å². The summed E-state index contributed by atoms with van der Waals surface area (Å²) in [6.45, 7) is 8.31. The van der Waals surface area contributed by atoms with Gasteiger partial charge in [0.2, 0.25) is 0 Å². The third kappa shape index (κ3) is 12.2. The Balaban J connectivity index is 2.02. The number of nitrogens with one attached hydrogen (secondary N) is 1. The van der Waals surface area contributed by atoms with Crippen LogP contribution >= 0.6 is 0 Å². The zero-order valence-electron chi connectivity index (χ0n) is 18.6. The van der Waals surface area contributed by atoms with Crippen molar-refractivity contribution in [2.45, 2.75) is 103 Å². The second-order valence-electron chi connectivity index (χ2n) is 9.01. The zero-order chi connectivity index (χ0) is 20.7. The third-order valence-corrected chi connectivity index (χ3v) is 9.11. The highest BCUT2D eigenvalue weighted by molar-refractivity contribution is 6.77. The van der Waals surface area contributed by atoms with Crippen LogP contribution in [0.3, 0.4) is 0 Å². The SMILES string of the molecule is CCCCCCCCCCCC[Si](C)(C)CCCNc1ccc(C(=O)O)cc1. The summed E-state index contributed by atoms with van der Waals surface area (Å²) in [6, 6.07) is 9.86. The minimum absolute atomic E-state index is 0.343. The lowest BCUT2D eigenvalue weighted by Crippen LogP contribution is -2.25. The van der Waals surface area contributed by atoms with Gasteiger partial charge in [-0.15, -0.1) is 0 Å². The number of hydrogen-bond donors (Lipinski definition) is 2. The molecule has 0 saturated heterocycles. The van der Waals surface area contributed by atoms with Crippen molar-refractivity contribution in [1.29, 1.82) is 0 Å². The van der Waals surface area contributed by atoms with Gasteiger partial charge < -0.3 is 10.4 Å². The van der Waals surface area contributed by atoms with Crippen molar-refractivity contribution < 1.29 is 9.90 Å². The topological polar surface area (TPSA) is 49.3 Å². The predicted molar refractivity (Wildman–Crippen MR) is 125 cm³/mol. The molecule has 0 aliphatic rings. The van der Waals surface area contributed by atoms with Gasteiger partial charge in [0.1, 0.15) is 0 Å². The van der Waals surface area contributed by atoms with E-state index in [0.29, 0.717) is 5.56 Å². The molecular weight excluding hydrogens is 362 g/mol. The molecule has 1 aromatic carbocycles. The second-order valence-corrected chi connectivity index (χ2v) is 14.3. The fourth-order valence-corrected chi connectivity index (χ4v) is 6.34. The Hall–Kier alpha value is -1.29. The lowest BCUT2D eigenvalue weighted by Gasteiger charge is -2.22. The maximum Gasteiger partial charge on any atom is 0.335 e. The van der Waals surface area contributed by atoms with Gasteiger partial charge in [-0.05, 0) is 30.7 Å². The number of anilines is 1. The number of carboxylic acids is 1. The largest absolute Gasteiger partial charge is 0.478 e. The molecule has 1 aromatic rings. The molecule has 1 rings (SSSR count). The van der Waals surface area contributed by atoms with Crippen molar-refractivity contribution in [3.8, 4) is 0 Å². The zero-order valence-corrected chi connectivity index (χ0v) is 19.6. The molecule has 0 atom stereocenters. The molecule has 0 spiro atoms. The van der Waals surface area contributed by atoms with Crippen molar-refractivity contribution in [2.24, 2.45) is 0 Å². The molecule has 0 amide bonds. The minimum atomic E-state index is -1.07. The summed E-state index contributed by atoms with van der Waals surface area (Å²) < 4.78 is 0. The van der Waals surface area contributed by atoms with E-state index in [1.807, 2.05) is 12.1 Å². The van der Waals surface area contributed by atoms with Crippen LogP contribution in [0, 0.1) is 0 Å². The predicted octanol–water partition coefficient (Wildman–Crippen LogP) is 7.82. The molecule has 3 nitrogen and oxygen atoms in total. The van der Waals surface area contributed by atoms with Crippen LogP contribution in [0.5, 0.6) is 0 Å². The Morgan fingerprint density at radius 3 is 1.86 bits per heavy atom. The van der Waals surface area contributed by atoms with E-state index in [9.17, 15) is 4.79 Å². The van der Waals surface area contributed by atoms with E-state index in [2.05, 4.69) is 25.3 Å². The van der Waals surface area contributed by atoms with Gasteiger partial charge in [0.15, 0.2) is 0 Å². The number of aromatic carboxylic acids is 1. The fourth-order valence-electron chi connectivity index (χ4n) is 3.75. The van der Waals surface area contributed by atoms with Gasteiger partial charge in [0, 0.05) is 20.3 Å². The van der Waals surface area contributed by atoms with E-state index in [1.54, 1.807) is 12.1 Å². The first-order valence-corrected chi connectivity index (χ1v) is 14.9. The van der Waals surface area contributed by atoms with Gasteiger partial charge in [-0.3, -0.25) is 0 Å². The number of carboxylic acid groups (broad SMARTS) is 1. The first kappa shape index (κ1) is 24.7. The molecule has 0 aromatic heterocycles. The van der Waals surface area contributed by atoms with Crippen LogP contribution in [0.15, 0.2) is 24.3 Å². The summed E-state index contributed by atoms with van der Waals surface area (Å²) in [4.78, 5) is 10.9. The molecule has 0 radical (unpaired) electrons. The van der Waals surface area contributed by atoms with Gasteiger partial charge in [0.25, 0.3) is 0 Å². The van der Waals surface area contributed by atoms with Gasteiger partial charge >= 0.3 is 5.97 Å². The van der Waals surface area contributed by atoms with Crippen LogP contribution in [-0.4, -0.2) is 25.7 Å². The average Bonchev–Trinajstić information content (AvgIpc) is 2.67. The lowest BCUT2D eigenvalue weighted by atomic mass is 10.1. The summed E-state index contributed by atoms with van der Waals surface area (Å²) in [5, 5.41) is 12.4. The molecule has 28 heavy (non-hydrogen) atoms. The van der Waals surface area contributed by atoms with Gasteiger partial charge in [-0.25, -0.2) is 4.79 Å². The molecular formula is C24H43NO2Si. The van der Waals surface area contributed by atoms with E-state index in [0.717, 1.165) is 12.2 Å². The van der Waals surface area contributed by atoms with Crippen LogP contribution in [0.25, 0.3) is 0 Å². The first-order chi connectivity index (χ1) is 13.4. The molecule has 0 aliphatic heterocycles. The smallest absolute Gasteiger partial charge is 0.335 e. The minimum Gasteiger partial charge on any atom is -0.478 e. The van der Waals surface area contributed by atoms with Gasteiger partial charge in [-0.1, -0.05) is 96.3 Å². The normalized spacial score (nSPS) is 11.5. The van der Waals surface area contributed by atoms with Crippen molar-refractivity contribution in [3.63, 3.8) is 0 Å². The Labute approximate surface area is 174 Å². The molecule has 160 valence electrons. The van der Waals surface area contributed by atoms with Crippen LogP contribution in [0.1, 0.15) is 87.9 Å². The molecule has 0 bridgehead atoms. The lowest BCUT2D eigenvalue weighted by molar-refractivity contribution is 0.0697.